The summed E-state index contributed by atoms with van der Waals surface area (Å²) in [6.07, 6.45) is 1.61. The molecule has 2 nitrogen and oxygen atoms in total. The molecule has 0 aliphatic heterocycles. The zero-order valence-corrected chi connectivity index (χ0v) is 7.35. The number of aromatic nitrogens is 1. The molecule has 0 saturated heterocycles. The third-order valence-corrected chi connectivity index (χ3v) is 1.95. The number of aromatic hydroxyl groups is 1. The Labute approximate surface area is 72.0 Å². The maximum absolute atomic E-state index is 9.06. The van der Waals surface area contributed by atoms with E-state index in [-0.39, 0.29) is 5.75 Å². The van der Waals surface area contributed by atoms with Gasteiger partial charge in [-0.15, -0.1) is 11.6 Å². The molecular weight excluding hydrogens is 217 g/mol. The number of alkyl halides is 1. The van der Waals surface area contributed by atoms with E-state index in [9.17, 15) is 0 Å². The van der Waals surface area contributed by atoms with Crippen molar-refractivity contribution in [2.24, 2.45) is 0 Å². The number of pyridine rings is 1. The zero-order valence-electron chi connectivity index (χ0n) is 5.01. The first-order valence-corrected chi connectivity index (χ1v) is 3.96. The lowest BCUT2D eigenvalue weighted by molar-refractivity contribution is 0.468. The number of halogens is 2. The monoisotopic (exact) mass is 221 g/mol. The summed E-state index contributed by atoms with van der Waals surface area (Å²) in [5.41, 5.74) is 0.808. The molecule has 1 rings (SSSR count). The van der Waals surface area contributed by atoms with Crippen molar-refractivity contribution < 1.29 is 5.11 Å². The molecular formula is C6H5BrClNO. The highest BCUT2D eigenvalue weighted by atomic mass is 79.9. The minimum Gasteiger partial charge on any atom is -0.505 e. The molecule has 54 valence electrons. The molecule has 0 fully saturated rings. The lowest BCUT2D eigenvalue weighted by Crippen LogP contribution is -1.81. The summed E-state index contributed by atoms with van der Waals surface area (Å²) in [6, 6.07) is 1.57. The van der Waals surface area contributed by atoms with Gasteiger partial charge in [0.05, 0.1) is 0 Å². The minimum atomic E-state index is 0.123. The van der Waals surface area contributed by atoms with Gasteiger partial charge in [0.25, 0.3) is 0 Å². The van der Waals surface area contributed by atoms with Crippen molar-refractivity contribution >= 4 is 27.5 Å². The molecule has 4 heteroatoms. The van der Waals surface area contributed by atoms with Gasteiger partial charge in [0, 0.05) is 12.1 Å². The third kappa shape index (κ3) is 1.61. The van der Waals surface area contributed by atoms with Crippen LogP contribution in [0.2, 0.25) is 0 Å². The van der Waals surface area contributed by atoms with Crippen molar-refractivity contribution in [1.82, 2.24) is 4.98 Å². The summed E-state index contributed by atoms with van der Waals surface area (Å²) in [5.74, 6) is 0.492. The first-order chi connectivity index (χ1) is 4.74. The summed E-state index contributed by atoms with van der Waals surface area (Å²) < 4.78 is 0.446. The Morgan fingerprint density at radius 2 is 2.40 bits per heavy atom. The van der Waals surface area contributed by atoms with Crippen LogP contribution in [0.25, 0.3) is 0 Å². The van der Waals surface area contributed by atoms with Gasteiger partial charge in [0.1, 0.15) is 10.4 Å². The molecule has 0 atom stereocenters. The second kappa shape index (κ2) is 3.21. The van der Waals surface area contributed by atoms with Crippen molar-refractivity contribution in [2.45, 2.75) is 5.88 Å². The van der Waals surface area contributed by atoms with E-state index in [2.05, 4.69) is 20.9 Å². The maximum atomic E-state index is 9.06. The summed E-state index contributed by atoms with van der Waals surface area (Å²) in [7, 11) is 0. The summed E-state index contributed by atoms with van der Waals surface area (Å²) in [5, 5.41) is 9.06. The highest BCUT2D eigenvalue weighted by Crippen LogP contribution is 2.21. The van der Waals surface area contributed by atoms with Gasteiger partial charge in [-0.05, 0) is 27.6 Å². The Morgan fingerprint density at radius 1 is 1.70 bits per heavy atom. The maximum Gasteiger partial charge on any atom is 0.148 e. The van der Waals surface area contributed by atoms with E-state index in [0.717, 1.165) is 5.56 Å². The largest absolute Gasteiger partial charge is 0.505 e. The first-order valence-electron chi connectivity index (χ1n) is 2.63. The van der Waals surface area contributed by atoms with Crippen LogP contribution in [0.5, 0.6) is 5.75 Å². The van der Waals surface area contributed by atoms with Crippen LogP contribution in [-0.2, 0) is 5.88 Å². The topological polar surface area (TPSA) is 33.1 Å². The van der Waals surface area contributed by atoms with E-state index in [1.807, 2.05) is 0 Å². The fraction of sp³-hybridized carbons (Fsp3) is 0.167. The Morgan fingerprint density at radius 3 is 2.90 bits per heavy atom. The van der Waals surface area contributed by atoms with Crippen molar-refractivity contribution in [3.8, 4) is 5.75 Å². The van der Waals surface area contributed by atoms with Crippen LogP contribution in [0.1, 0.15) is 5.56 Å². The fourth-order valence-electron chi connectivity index (χ4n) is 0.551. The van der Waals surface area contributed by atoms with Crippen molar-refractivity contribution in [3.05, 3.63) is 22.4 Å². The molecule has 0 aliphatic rings. The number of nitrogens with zero attached hydrogens (tertiary/aromatic N) is 1. The van der Waals surface area contributed by atoms with Crippen LogP contribution in [0.15, 0.2) is 16.9 Å². The SMILES string of the molecule is Oc1cc(CCl)cnc1Br. The van der Waals surface area contributed by atoms with Gasteiger partial charge in [-0.2, -0.15) is 0 Å². The molecule has 0 saturated carbocycles. The van der Waals surface area contributed by atoms with Crippen LogP contribution < -0.4 is 0 Å². The molecule has 10 heavy (non-hydrogen) atoms. The average Bonchev–Trinajstić information content (AvgIpc) is 1.95. The van der Waals surface area contributed by atoms with Gasteiger partial charge in [-0.1, -0.05) is 0 Å². The standard InChI is InChI=1S/C6H5BrClNO/c7-6-5(10)1-4(2-8)3-9-6/h1,3,10H,2H2. The zero-order chi connectivity index (χ0) is 7.56. The predicted octanol–water partition coefficient (Wildman–Crippen LogP) is 2.29. The summed E-state index contributed by atoms with van der Waals surface area (Å²) in [6.45, 7) is 0. The van der Waals surface area contributed by atoms with Gasteiger partial charge in [0.15, 0.2) is 0 Å². The Bertz CT molecular complexity index is 241. The molecule has 0 aromatic carbocycles. The van der Waals surface area contributed by atoms with E-state index in [0.29, 0.717) is 10.5 Å². The molecule has 0 unspecified atom stereocenters. The normalized spacial score (nSPS) is 9.80. The van der Waals surface area contributed by atoms with E-state index in [1.165, 1.54) is 0 Å². The molecule has 1 N–H and O–H groups in total. The highest BCUT2D eigenvalue weighted by Gasteiger charge is 1.98. The van der Waals surface area contributed by atoms with Crippen LogP contribution >= 0.6 is 27.5 Å². The van der Waals surface area contributed by atoms with Crippen molar-refractivity contribution in [3.63, 3.8) is 0 Å². The first kappa shape index (κ1) is 7.82. The van der Waals surface area contributed by atoms with Gasteiger partial charge >= 0.3 is 0 Å². The van der Waals surface area contributed by atoms with Gasteiger partial charge in [-0.25, -0.2) is 4.98 Å². The molecule has 0 spiro atoms. The Kier molecular flexibility index (Phi) is 2.51. The predicted molar refractivity (Wildman–Crippen MR) is 43.2 cm³/mol. The smallest absolute Gasteiger partial charge is 0.148 e. The lowest BCUT2D eigenvalue weighted by atomic mass is 10.3. The summed E-state index contributed by atoms with van der Waals surface area (Å²) in [4.78, 5) is 3.83. The van der Waals surface area contributed by atoms with E-state index in [1.54, 1.807) is 12.3 Å². The van der Waals surface area contributed by atoms with Crippen molar-refractivity contribution in [2.75, 3.05) is 0 Å². The molecule has 1 aromatic rings. The quantitative estimate of drug-likeness (QED) is 0.584. The average molecular weight is 222 g/mol. The lowest BCUT2D eigenvalue weighted by Gasteiger charge is -1.96. The van der Waals surface area contributed by atoms with Crippen LogP contribution in [-0.4, -0.2) is 10.1 Å². The molecule has 0 aliphatic carbocycles. The fourth-order valence-corrected chi connectivity index (χ4v) is 0.914. The molecule has 0 bridgehead atoms. The minimum absolute atomic E-state index is 0.123. The molecule has 1 aromatic heterocycles. The van der Waals surface area contributed by atoms with Gasteiger partial charge in [0.2, 0.25) is 0 Å². The Hall–Kier alpha value is -0.280. The van der Waals surface area contributed by atoms with Crippen molar-refractivity contribution in [1.29, 1.82) is 0 Å². The molecule has 1 heterocycles. The van der Waals surface area contributed by atoms with E-state index < -0.39 is 0 Å². The third-order valence-electron chi connectivity index (χ3n) is 1.03. The Balaban J connectivity index is 3.04. The number of hydrogen-bond acceptors (Lipinski definition) is 2. The van der Waals surface area contributed by atoms with E-state index in [4.69, 9.17) is 16.7 Å². The molecule has 0 amide bonds. The second-order valence-electron chi connectivity index (χ2n) is 1.79. The van der Waals surface area contributed by atoms with Gasteiger partial charge in [-0.3, -0.25) is 0 Å². The second-order valence-corrected chi connectivity index (χ2v) is 2.81. The molecule has 0 radical (unpaired) electrons. The number of hydrogen-bond donors (Lipinski definition) is 1. The highest BCUT2D eigenvalue weighted by molar-refractivity contribution is 9.10. The van der Waals surface area contributed by atoms with Gasteiger partial charge < -0.3 is 5.11 Å². The van der Waals surface area contributed by atoms with Crippen LogP contribution in [0, 0.1) is 0 Å². The van der Waals surface area contributed by atoms with E-state index >= 15 is 0 Å². The van der Waals surface area contributed by atoms with Crippen LogP contribution in [0.4, 0.5) is 0 Å². The number of rotatable bonds is 1. The summed E-state index contributed by atoms with van der Waals surface area (Å²) >= 11 is 8.54. The van der Waals surface area contributed by atoms with Crippen LogP contribution in [0.3, 0.4) is 0 Å².